The Labute approximate surface area is 645 Å². The fourth-order valence-electron chi connectivity index (χ4n) is 5.39. The van der Waals surface area contributed by atoms with Crippen molar-refractivity contribution in [1.82, 2.24) is 0 Å². The number of benzene rings is 1. The molecule has 2 N–H and O–H groups in total. The Hall–Kier alpha value is -10.3. The van der Waals surface area contributed by atoms with Crippen LogP contribution >= 0.6 is 0 Å². The predicted molar refractivity (Wildman–Crippen MR) is 402 cm³/mol. The molecule has 0 aliphatic carbocycles. The minimum absolute atomic E-state index is 0.0475. The lowest BCUT2D eigenvalue weighted by Crippen LogP contribution is -2.33. The maximum absolute atomic E-state index is 11.4. The summed E-state index contributed by atoms with van der Waals surface area (Å²) in [4.78, 5) is 135. The number of aliphatic hydroxyl groups is 2. The van der Waals surface area contributed by atoms with Gasteiger partial charge in [-0.15, -0.1) is 0 Å². The second-order valence-corrected chi connectivity index (χ2v) is 24.3. The number of ether oxygens (including phenoxy) is 12. The van der Waals surface area contributed by atoms with Crippen molar-refractivity contribution in [1.29, 1.82) is 15.8 Å². The van der Waals surface area contributed by atoms with Crippen LogP contribution < -0.4 is 4.74 Å². The smallest absolute Gasteiger partial charge is 0.387 e. The second-order valence-electron chi connectivity index (χ2n) is 24.3. The molecule has 1 aromatic rings. The normalized spacial score (nSPS) is 12.1. The highest BCUT2D eigenvalue weighted by molar-refractivity contribution is 5.87. The Kier molecular flexibility index (Phi) is 73.9. The van der Waals surface area contributed by atoms with Gasteiger partial charge in [0, 0.05) is 23.8 Å². The van der Waals surface area contributed by atoms with Gasteiger partial charge in [0.15, 0.2) is 0 Å². The number of nitriles is 3. The first kappa shape index (κ1) is 112. The van der Waals surface area contributed by atoms with E-state index in [2.05, 4.69) is 45.4 Å². The highest BCUT2D eigenvalue weighted by Crippen LogP contribution is 2.23. The lowest BCUT2D eigenvalue weighted by Gasteiger charge is -2.22. The summed E-state index contributed by atoms with van der Waals surface area (Å²) in [6, 6.07) is 12.3. The van der Waals surface area contributed by atoms with Crippen LogP contribution in [0.1, 0.15) is 194 Å². The zero-order valence-electron chi connectivity index (χ0n) is 67.4. The minimum atomic E-state index is -1.01. The fourth-order valence-corrected chi connectivity index (χ4v) is 5.39. The number of aliphatic hydroxyl groups excluding tert-OH is 2. The van der Waals surface area contributed by atoms with E-state index in [4.69, 9.17) is 70.1 Å². The zero-order valence-corrected chi connectivity index (χ0v) is 67.4. The van der Waals surface area contributed by atoms with Crippen LogP contribution in [-0.4, -0.2) is 173 Å². The average Bonchev–Trinajstić information content (AvgIpc) is 0.903. The van der Waals surface area contributed by atoms with E-state index in [1.54, 1.807) is 52.0 Å². The number of nitrogens with zero attached hydrogens (tertiary/aromatic N) is 4. The van der Waals surface area contributed by atoms with Crippen LogP contribution in [0.15, 0.2) is 74.4 Å². The molecule has 30 heteroatoms. The zero-order chi connectivity index (χ0) is 85.5. The van der Waals surface area contributed by atoms with Crippen LogP contribution in [0.2, 0.25) is 0 Å². The molecular formula is C79H122N4O26. The number of carbonyl (C=O) groups excluding carboxylic acids is 12. The number of hydrogen-bond acceptors (Lipinski definition) is 29. The quantitative estimate of drug-likeness (QED) is 0.0154. The van der Waals surface area contributed by atoms with Crippen LogP contribution in [0, 0.1) is 81.0 Å². The monoisotopic (exact) mass is 1540 g/mol. The molecule has 8 atom stereocenters. The Morgan fingerprint density at radius 1 is 0.505 bits per heavy atom. The van der Waals surface area contributed by atoms with Crippen molar-refractivity contribution in [2.24, 2.45) is 40.4 Å². The summed E-state index contributed by atoms with van der Waals surface area (Å²) in [6.07, 6.45) is 8.33. The largest absolute Gasteiger partial charge is 0.464 e. The van der Waals surface area contributed by atoms with Gasteiger partial charge in [-0.25, -0.2) is 30.5 Å². The van der Waals surface area contributed by atoms with Crippen LogP contribution in [0.5, 0.6) is 5.75 Å². The van der Waals surface area contributed by atoms with Gasteiger partial charge in [0.25, 0.3) is 0 Å². The van der Waals surface area contributed by atoms with Crippen molar-refractivity contribution in [3.05, 3.63) is 91.4 Å². The molecule has 8 unspecified atom stereocenters. The third-order valence-corrected chi connectivity index (χ3v) is 14.7. The molecule has 0 spiro atoms. The highest BCUT2D eigenvalue weighted by atomic mass is 16.6. The summed E-state index contributed by atoms with van der Waals surface area (Å²) in [6.45, 7) is 52.3. The van der Waals surface area contributed by atoms with Gasteiger partial charge in [0.05, 0.1) is 89.7 Å². The molecule has 0 saturated heterocycles. The van der Waals surface area contributed by atoms with Crippen LogP contribution in [-0.2, 0) is 110 Å². The molecule has 0 radical (unpaired) electrons. The van der Waals surface area contributed by atoms with Gasteiger partial charge in [-0.3, -0.25) is 33.6 Å². The topological polar surface area (TPSA) is 432 Å². The molecule has 0 saturated carbocycles. The van der Waals surface area contributed by atoms with Crippen molar-refractivity contribution >= 4 is 71.6 Å². The first-order valence-corrected chi connectivity index (χ1v) is 35.7. The van der Waals surface area contributed by atoms with E-state index in [0.717, 1.165) is 50.3 Å². The van der Waals surface area contributed by atoms with Crippen molar-refractivity contribution in [3.63, 3.8) is 0 Å². The molecule has 0 amide bonds. The van der Waals surface area contributed by atoms with Crippen LogP contribution in [0.3, 0.4) is 0 Å². The summed E-state index contributed by atoms with van der Waals surface area (Å²) < 4.78 is 57.6. The molecule has 0 fully saturated rings. The molecule has 0 bridgehead atoms. The molecule has 0 heterocycles. The summed E-state index contributed by atoms with van der Waals surface area (Å²) in [5.74, 6) is -4.64. The summed E-state index contributed by atoms with van der Waals surface area (Å²) >= 11 is 0. The fraction of sp³-hybridized carbons (Fsp3) is 0.620. The minimum Gasteiger partial charge on any atom is -0.464 e. The SMILES string of the molecule is C=C(C)C(=O)OCC(O)COC(=O)C(C)CC.C=CC(=O)OCCOC(=O)C(C)(C)CC.C=CC(=O)OCCOC(=O)C(C)CC.C=CC(=O)OCCOC(=O)C(C)CC.CCC(C)(CO)C(=O)OCCC#N.CCC(C)C(=O)OCCC#N.CCC(C)C(=O)Oc1ccc(C#N)cc1.[C-]#[N+]CC(=O)OC(C)CC. The van der Waals surface area contributed by atoms with E-state index in [9.17, 15) is 62.6 Å². The number of carbonyl (C=O) groups is 12. The van der Waals surface area contributed by atoms with Gasteiger partial charge in [0.2, 0.25) is 0 Å². The molecule has 0 aromatic heterocycles. The molecular weight excluding hydrogens is 1420 g/mol. The lowest BCUT2D eigenvalue weighted by molar-refractivity contribution is -0.158. The third-order valence-electron chi connectivity index (χ3n) is 14.7. The van der Waals surface area contributed by atoms with E-state index >= 15 is 0 Å². The molecule has 0 aliphatic heterocycles. The Morgan fingerprint density at radius 3 is 1.18 bits per heavy atom. The van der Waals surface area contributed by atoms with E-state index in [1.807, 2.05) is 108 Å². The maximum atomic E-state index is 11.4. The van der Waals surface area contributed by atoms with E-state index in [0.29, 0.717) is 30.6 Å². The van der Waals surface area contributed by atoms with Crippen molar-refractivity contribution in [3.8, 4) is 24.0 Å². The standard InChI is InChI=1S/C12H13NO2.C12H20O5.C11H18O4.2C10H16O4.C9H15NO3.C8H13NO2.C7H11NO2/c1-3-9(2)12(14)15-11-6-4-10(8-13)5-7-11;1-5-9(4)12(15)17-7-10(13)6-16-11(14)8(2)3;1-5-9(12)14-7-8-15-10(13)11(3,4)6-2;2*1-4-8(3)10(12)14-7-6-13-9(11)5-2;1-3-9(2,7-11)8(12)13-6-4-5-10;1-3-7(2)8(10)11-6-4-5-9;1-4-6(2)10-7(9)5-8-3/h4-7,9H,3H2,1-2H3;9-10,13H,2,5-7H2,1,3-4H3;5H,1,6-8H2,2-4H3;2*5,8H,2,4,6-7H2,1,3H3;11H,3-4,6-7H2,1-2H3;7H,3-4,6H2,1-2H3;6H,4-5H2,1-2H3. The average molecular weight is 1540 g/mol. The van der Waals surface area contributed by atoms with Gasteiger partial charge < -0.3 is 71.9 Å². The molecule has 30 nitrogen and oxygen atoms in total. The lowest BCUT2D eigenvalue weighted by atomic mass is 9.89. The van der Waals surface area contributed by atoms with Gasteiger partial charge in [-0.05, 0) is 110 Å². The Balaban J connectivity index is -0.000000219. The highest BCUT2D eigenvalue weighted by Gasteiger charge is 2.32. The number of esters is 12. The number of rotatable bonds is 40. The van der Waals surface area contributed by atoms with Gasteiger partial charge >= 0.3 is 78.2 Å². The summed E-state index contributed by atoms with van der Waals surface area (Å²) in [5, 5.41) is 43.3. The van der Waals surface area contributed by atoms with Gasteiger partial charge in [-0.1, -0.05) is 116 Å². The van der Waals surface area contributed by atoms with Gasteiger partial charge in [-0.2, -0.15) is 15.8 Å². The van der Waals surface area contributed by atoms with E-state index in [1.165, 1.54) is 6.92 Å². The summed E-state index contributed by atoms with van der Waals surface area (Å²) in [7, 11) is 0. The Bertz CT molecular complexity index is 2980. The van der Waals surface area contributed by atoms with Gasteiger partial charge in [0.1, 0.15) is 77.9 Å². The second kappa shape index (κ2) is 71.9. The first-order valence-electron chi connectivity index (χ1n) is 35.7. The Morgan fingerprint density at radius 2 is 0.853 bits per heavy atom. The summed E-state index contributed by atoms with van der Waals surface area (Å²) in [5.41, 5.74) is -0.495. The van der Waals surface area contributed by atoms with Crippen molar-refractivity contribution in [2.45, 2.75) is 201 Å². The molecule has 109 heavy (non-hydrogen) atoms. The predicted octanol–water partition coefficient (Wildman–Crippen LogP) is 11.5. The molecule has 614 valence electrons. The van der Waals surface area contributed by atoms with Crippen molar-refractivity contribution < 1.29 is 125 Å². The molecule has 0 aliphatic rings. The van der Waals surface area contributed by atoms with Crippen LogP contribution in [0.4, 0.5) is 0 Å². The third kappa shape index (κ3) is 65.7. The van der Waals surface area contributed by atoms with E-state index < -0.39 is 52.7 Å². The number of hydrogen-bond donors (Lipinski definition) is 2. The molecule has 1 rings (SSSR count). The van der Waals surface area contributed by atoms with Crippen LogP contribution in [0.25, 0.3) is 4.85 Å². The first-order chi connectivity index (χ1) is 51.2. The van der Waals surface area contributed by atoms with E-state index in [-0.39, 0.29) is 169 Å². The molecule has 1 aromatic carbocycles. The maximum Gasteiger partial charge on any atom is 0.387 e. The van der Waals surface area contributed by atoms with Crippen molar-refractivity contribution in [2.75, 3.05) is 79.2 Å².